The van der Waals surface area contributed by atoms with E-state index in [2.05, 4.69) is 10.3 Å². The number of carbonyl (C=O) groups is 1. The summed E-state index contributed by atoms with van der Waals surface area (Å²) in [7, 11) is 0. The number of halogens is 1. The number of imidazole rings is 1. The van der Waals surface area contributed by atoms with E-state index in [1.54, 1.807) is 36.3 Å². The minimum Gasteiger partial charge on any atom is -0.349 e. The van der Waals surface area contributed by atoms with Crippen molar-refractivity contribution in [1.82, 2.24) is 19.9 Å². The van der Waals surface area contributed by atoms with Gasteiger partial charge in [0.2, 0.25) is 0 Å². The number of fused-ring (bicyclic) bond motifs is 1. The molecular weight excluding hydrogens is 459 g/mol. The highest BCUT2D eigenvalue weighted by atomic mass is 32.2. The second kappa shape index (κ2) is 11.0. The monoisotopic (exact) mass is 488 g/mol. The van der Waals surface area contributed by atoms with Gasteiger partial charge < -0.3 is 9.88 Å². The molecule has 5 rings (SSSR count). The van der Waals surface area contributed by atoms with Crippen molar-refractivity contribution in [1.29, 1.82) is 0 Å². The van der Waals surface area contributed by atoms with Gasteiger partial charge in [0.05, 0.1) is 23.8 Å². The SMILES string of the molecule is O=C(NC1CCCCCC1)c1ccc(CSc2nc3ccncc3n2Cc2ccccc2F)cc1. The molecule has 0 bridgehead atoms. The van der Waals surface area contributed by atoms with Gasteiger partial charge in [-0.05, 0) is 42.7 Å². The van der Waals surface area contributed by atoms with Crippen molar-refractivity contribution in [2.45, 2.75) is 62.0 Å². The summed E-state index contributed by atoms with van der Waals surface area (Å²) in [6, 6.07) is 16.8. The number of rotatable bonds is 7. The number of thioether (sulfide) groups is 1. The van der Waals surface area contributed by atoms with Crippen LogP contribution in [0.2, 0.25) is 0 Å². The Bertz CT molecular complexity index is 1300. The molecule has 180 valence electrons. The third-order valence-electron chi connectivity index (χ3n) is 6.58. The van der Waals surface area contributed by atoms with Gasteiger partial charge in [0.25, 0.3) is 5.91 Å². The zero-order chi connectivity index (χ0) is 24.0. The third-order valence-corrected chi connectivity index (χ3v) is 7.62. The highest BCUT2D eigenvalue weighted by molar-refractivity contribution is 7.98. The van der Waals surface area contributed by atoms with E-state index in [-0.39, 0.29) is 17.8 Å². The van der Waals surface area contributed by atoms with Gasteiger partial charge >= 0.3 is 0 Å². The third kappa shape index (κ3) is 5.73. The van der Waals surface area contributed by atoms with Gasteiger partial charge in [-0.2, -0.15) is 0 Å². The quantitative estimate of drug-likeness (QED) is 0.243. The lowest BCUT2D eigenvalue weighted by Gasteiger charge is -2.16. The van der Waals surface area contributed by atoms with E-state index in [0.29, 0.717) is 23.4 Å². The molecule has 7 heteroatoms. The molecule has 1 aliphatic rings. The van der Waals surface area contributed by atoms with Crippen molar-refractivity contribution in [3.63, 3.8) is 0 Å². The van der Waals surface area contributed by atoms with Crippen molar-refractivity contribution in [3.05, 3.63) is 89.5 Å². The molecule has 0 aliphatic heterocycles. The first-order chi connectivity index (χ1) is 17.2. The first-order valence-corrected chi connectivity index (χ1v) is 13.2. The minimum absolute atomic E-state index is 0.00952. The molecule has 2 aromatic heterocycles. The van der Waals surface area contributed by atoms with Crippen LogP contribution in [-0.4, -0.2) is 26.5 Å². The maximum Gasteiger partial charge on any atom is 0.251 e. The number of nitrogens with one attached hydrogen (secondary N) is 1. The largest absolute Gasteiger partial charge is 0.349 e. The highest BCUT2D eigenvalue weighted by Gasteiger charge is 2.17. The van der Waals surface area contributed by atoms with Gasteiger partial charge in [-0.1, -0.05) is 67.8 Å². The Morgan fingerprint density at radius 2 is 1.80 bits per heavy atom. The fourth-order valence-electron chi connectivity index (χ4n) is 4.60. The van der Waals surface area contributed by atoms with E-state index < -0.39 is 0 Å². The lowest BCUT2D eigenvalue weighted by atomic mass is 10.1. The number of aromatic nitrogens is 3. The lowest BCUT2D eigenvalue weighted by molar-refractivity contribution is 0.0933. The number of nitrogens with zero attached hydrogens (tertiary/aromatic N) is 3. The number of carbonyl (C=O) groups excluding carboxylic acids is 1. The van der Waals surface area contributed by atoms with Crippen molar-refractivity contribution in [2.75, 3.05) is 0 Å². The Kier molecular flexibility index (Phi) is 7.42. The summed E-state index contributed by atoms with van der Waals surface area (Å²) in [5.74, 6) is 0.473. The predicted octanol–water partition coefficient (Wildman–Crippen LogP) is 6.36. The maximum absolute atomic E-state index is 14.3. The molecule has 1 N–H and O–H groups in total. The summed E-state index contributed by atoms with van der Waals surface area (Å²) in [4.78, 5) is 21.7. The van der Waals surface area contributed by atoms with E-state index in [9.17, 15) is 9.18 Å². The minimum atomic E-state index is -0.230. The predicted molar refractivity (Wildman–Crippen MR) is 138 cm³/mol. The van der Waals surface area contributed by atoms with Crippen molar-refractivity contribution in [2.24, 2.45) is 0 Å². The molecule has 2 aromatic carbocycles. The average Bonchev–Trinajstić information content (AvgIpc) is 3.02. The Balaban J connectivity index is 1.28. The molecule has 0 atom stereocenters. The number of hydrogen-bond donors (Lipinski definition) is 1. The Morgan fingerprint density at radius 1 is 1.03 bits per heavy atom. The van der Waals surface area contributed by atoms with Crippen LogP contribution in [0.1, 0.15) is 60.0 Å². The van der Waals surface area contributed by atoms with Crippen LogP contribution < -0.4 is 5.32 Å². The zero-order valence-electron chi connectivity index (χ0n) is 19.6. The summed E-state index contributed by atoms with van der Waals surface area (Å²) in [5, 5.41) is 4.02. The van der Waals surface area contributed by atoms with E-state index >= 15 is 0 Å². The number of benzene rings is 2. The van der Waals surface area contributed by atoms with Gasteiger partial charge in [-0.15, -0.1) is 0 Å². The van der Waals surface area contributed by atoms with E-state index in [4.69, 9.17) is 4.98 Å². The van der Waals surface area contributed by atoms with Gasteiger partial charge in [0, 0.05) is 29.1 Å². The molecule has 1 aliphatic carbocycles. The topological polar surface area (TPSA) is 59.8 Å². The van der Waals surface area contributed by atoms with E-state index in [0.717, 1.165) is 34.6 Å². The molecule has 4 aromatic rings. The van der Waals surface area contributed by atoms with E-state index in [1.165, 1.54) is 31.7 Å². The summed E-state index contributed by atoms with van der Waals surface area (Å²) >= 11 is 1.60. The normalized spacial score (nSPS) is 14.7. The standard InChI is InChI=1S/C28H29FN4OS/c29-24-10-6-5-7-22(24)18-33-26-17-30-16-15-25(26)32-28(33)35-19-20-11-13-21(14-12-20)27(34)31-23-8-3-1-2-4-9-23/h5-7,10-17,23H,1-4,8-9,18-19H2,(H,31,34). The van der Waals surface area contributed by atoms with Crippen LogP contribution in [0.25, 0.3) is 11.0 Å². The zero-order valence-corrected chi connectivity index (χ0v) is 20.4. The second-order valence-corrected chi connectivity index (χ2v) is 10.0. The fourth-order valence-corrected chi connectivity index (χ4v) is 5.57. The smallest absolute Gasteiger partial charge is 0.251 e. The summed E-state index contributed by atoms with van der Waals surface area (Å²) in [6.07, 6.45) is 10.6. The number of pyridine rings is 1. The van der Waals surface area contributed by atoms with Gasteiger partial charge in [-0.25, -0.2) is 9.37 Å². The summed E-state index contributed by atoms with van der Waals surface area (Å²) < 4.78 is 16.4. The van der Waals surface area contributed by atoms with Gasteiger partial charge in [0.15, 0.2) is 5.16 Å². The summed E-state index contributed by atoms with van der Waals surface area (Å²) in [5.41, 5.74) is 4.12. The summed E-state index contributed by atoms with van der Waals surface area (Å²) in [6.45, 7) is 0.386. The molecule has 1 amide bonds. The Morgan fingerprint density at radius 3 is 2.57 bits per heavy atom. The first-order valence-electron chi connectivity index (χ1n) is 12.2. The highest BCUT2D eigenvalue weighted by Crippen LogP contribution is 2.28. The molecule has 35 heavy (non-hydrogen) atoms. The molecule has 1 saturated carbocycles. The van der Waals surface area contributed by atoms with Crippen LogP contribution in [0.3, 0.4) is 0 Å². The molecule has 0 spiro atoms. The molecule has 5 nitrogen and oxygen atoms in total. The number of hydrogen-bond acceptors (Lipinski definition) is 4. The maximum atomic E-state index is 14.3. The van der Waals surface area contributed by atoms with Crippen LogP contribution in [-0.2, 0) is 12.3 Å². The molecular formula is C28H29FN4OS. The van der Waals surface area contributed by atoms with Crippen molar-refractivity contribution >= 4 is 28.7 Å². The van der Waals surface area contributed by atoms with Crippen molar-refractivity contribution in [3.8, 4) is 0 Å². The van der Waals surface area contributed by atoms with Crippen LogP contribution in [0.15, 0.2) is 72.1 Å². The lowest BCUT2D eigenvalue weighted by Crippen LogP contribution is -2.34. The fraction of sp³-hybridized carbons (Fsp3) is 0.321. The van der Waals surface area contributed by atoms with Crippen LogP contribution >= 0.6 is 11.8 Å². The van der Waals surface area contributed by atoms with Crippen LogP contribution in [0.5, 0.6) is 0 Å². The van der Waals surface area contributed by atoms with Gasteiger partial charge in [0.1, 0.15) is 5.82 Å². The molecule has 2 heterocycles. The van der Waals surface area contributed by atoms with Crippen LogP contribution in [0, 0.1) is 5.82 Å². The van der Waals surface area contributed by atoms with Gasteiger partial charge in [-0.3, -0.25) is 9.78 Å². The molecule has 0 radical (unpaired) electrons. The molecule has 0 saturated heterocycles. The van der Waals surface area contributed by atoms with E-state index in [1.807, 2.05) is 41.0 Å². The average molecular weight is 489 g/mol. The Hall–Kier alpha value is -3.19. The number of amides is 1. The molecule has 1 fully saturated rings. The van der Waals surface area contributed by atoms with Crippen LogP contribution in [0.4, 0.5) is 4.39 Å². The second-order valence-electron chi connectivity index (χ2n) is 9.08. The first kappa shape index (κ1) is 23.5. The Labute approximate surface area is 209 Å². The van der Waals surface area contributed by atoms with Crippen molar-refractivity contribution < 1.29 is 9.18 Å². The molecule has 0 unspecified atom stereocenters.